The minimum atomic E-state index is 0. The summed E-state index contributed by atoms with van der Waals surface area (Å²) in [5.41, 5.74) is 8.92. The Morgan fingerprint density at radius 2 is 1.73 bits per heavy atom. The van der Waals surface area contributed by atoms with Crippen LogP contribution in [0.2, 0.25) is 0 Å². The van der Waals surface area contributed by atoms with Gasteiger partial charge in [0, 0.05) is 44.3 Å². The van der Waals surface area contributed by atoms with Crippen molar-refractivity contribution in [2.24, 2.45) is 23.5 Å². The lowest BCUT2D eigenvalue weighted by Crippen LogP contribution is -2.50. The van der Waals surface area contributed by atoms with Gasteiger partial charge in [-0.2, -0.15) is 0 Å². The molecule has 4 nitrogen and oxygen atoms in total. The number of likely N-dealkylation sites (N-methyl/N-ethyl adjacent to an activating group) is 1. The lowest BCUT2D eigenvalue weighted by Gasteiger charge is -2.44. The van der Waals surface area contributed by atoms with Crippen LogP contribution in [0.25, 0.3) is 0 Å². The molecule has 0 aromatic heterocycles. The van der Waals surface area contributed by atoms with Crippen LogP contribution in [0, 0.1) is 17.8 Å². The number of nitrogens with zero attached hydrogens (tertiary/aromatic N) is 2. The molecule has 3 aliphatic rings. The molecule has 1 aromatic carbocycles. The van der Waals surface area contributed by atoms with Crippen molar-refractivity contribution in [2.75, 3.05) is 25.0 Å². The summed E-state index contributed by atoms with van der Waals surface area (Å²) in [6.07, 6.45) is 5.74. The van der Waals surface area contributed by atoms with Crippen molar-refractivity contribution in [1.29, 1.82) is 0 Å². The maximum absolute atomic E-state index is 13.2. The molecule has 0 radical (unpaired) electrons. The normalized spacial score (nSPS) is 30.4. The standard InChI is InChI=1S/C20H29N3O.2ClH/c1-22-9-10-23(13-16-5-2-3-8-18(16)22)20(24)17-11-14-6-4-7-15(12-17)19(14)21;;/h2-3,5,8,14-15,17,19H,4,6-7,9-13,21H2,1H3;2*1H. The number of hydrogen-bond donors (Lipinski definition) is 1. The molecule has 2 N–H and O–H groups in total. The van der Waals surface area contributed by atoms with Gasteiger partial charge in [0.15, 0.2) is 0 Å². The van der Waals surface area contributed by atoms with E-state index in [1.165, 1.54) is 30.5 Å². The van der Waals surface area contributed by atoms with E-state index in [2.05, 4.69) is 41.1 Å². The van der Waals surface area contributed by atoms with Crippen LogP contribution in [0.5, 0.6) is 0 Å². The molecule has 1 aromatic rings. The van der Waals surface area contributed by atoms with Gasteiger partial charge in [-0.15, -0.1) is 24.8 Å². The van der Waals surface area contributed by atoms with Gasteiger partial charge in [-0.25, -0.2) is 0 Å². The van der Waals surface area contributed by atoms with Crippen LogP contribution in [0.3, 0.4) is 0 Å². The molecule has 2 atom stereocenters. The first-order valence-electron chi connectivity index (χ1n) is 9.47. The van der Waals surface area contributed by atoms with Gasteiger partial charge in [0.1, 0.15) is 0 Å². The van der Waals surface area contributed by atoms with Gasteiger partial charge in [0.25, 0.3) is 0 Å². The number of carbonyl (C=O) groups excluding carboxylic acids is 1. The minimum Gasteiger partial charge on any atom is -0.373 e. The number of benzene rings is 1. The number of hydrogen-bond acceptors (Lipinski definition) is 3. The zero-order valence-electron chi connectivity index (χ0n) is 15.5. The average molecular weight is 400 g/mol. The highest BCUT2D eigenvalue weighted by Gasteiger charge is 2.41. The van der Waals surface area contributed by atoms with Gasteiger partial charge in [0.2, 0.25) is 5.91 Å². The van der Waals surface area contributed by atoms with E-state index in [1.54, 1.807) is 0 Å². The van der Waals surface area contributed by atoms with Crippen LogP contribution in [-0.2, 0) is 11.3 Å². The summed E-state index contributed by atoms with van der Waals surface area (Å²) in [4.78, 5) is 17.6. The molecule has 2 bridgehead atoms. The fourth-order valence-corrected chi connectivity index (χ4v) is 5.13. The van der Waals surface area contributed by atoms with E-state index >= 15 is 0 Å². The largest absolute Gasteiger partial charge is 0.373 e. The highest BCUT2D eigenvalue weighted by Crippen LogP contribution is 2.42. The highest BCUT2D eigenvalue weighted by atomic mass is 35.5. The first-order chi connectivity index (χ1) is 11.6. The minimum absolute atomic E-state index is 0. The van der Waals surface area contributed by atoms with Crippen molar-refractivity contribution in [3.8, 4) is 0 Å². The van der Waals surface area contributed by atoms with Crippen molar-refractivity contribution in [3.05, 3.63) is 29.8 Å². The van der Waals surface area contributed by atoms with Crippen LogP contribution in [-0.4, -0.2) is 37.0 Å². The Balaban J connectivity index is 0.00000121. The smallest absolute Gasteiger partial charge is 0.226 e. The van der Waals surface area contributed by atoms with E-state index in [4.69, 9.17) is 5.73 Å². The summed E-state index contributed by atoms with van der Waals surface area (Å²) in [6, 6.07) is 8.80. The Morgan fingerprint density at radius 1 is 1.08 bits per heavy atom. The summed E-state index contributed by atoms with van der Waals surface area (Å²) in [5, 5.41) is 0. The monoisotopic (exact) mass is 399 g/mol. The number of para-hydroxylation sites is 1. The quantitative estimate of drug-likeness (QED) is 0.786. The number of halogens is 2. The second-order valence-electron chi connectivity index (χ2n) is 8.01. The third kappa shape index (κ3) is 3.97. The molecule has 4 rings (SSSR count). The van der Waals surface area contributed by atoms with Crippen molar-refractivity contribution in [1.82, 2.24) is 4.90 Å². The molecule has 0 spiro atoms. The number of rotatable bonds is 1. The number of carbonyl (C=O) groups is 1. The van der Waals surface area contributed by atoms with E-state index in [0.717, 1.165) is 32.5 Å². The van der Waals surface area contributed by atoms with Gasteiger partial charge in [-0.05, 0) is 49.1 Å². The predicted octanol–water partition coefficient (Wildman–Crippen LogP) is 3.46. The SMILES string of the molecule is CN1CCN(C(=O)C2CC3CCCC(C2)C3N)Cc2ccccc21.Cl.Cl. The van der Waals surface area contributed by atoms with E-state index in [-0.39, 0.29) is 30.7 Å². The Kier molecular flexibility index (Phi) is 7.23. The number of anilines is 1. The molecular formula is C20H31Cl2N3O. The van der Waals surface area contributed by atoms with Gasteiger partial charge < -0.3 is 15.5 Å². The third-order valence-corrected chi connectivity index (χ3v) is 6.54. The molecule has 0 saturated heterocycles. The fourth-order valence-electron chi connectivity index (χ4n) is 5.13. The number of fused-ring (bicyclic) bond motifs is 3. The summed E-state index contributed by atoms with van der Waals surface area (Å²) in [6.45, 7) is 2.47. The van der Waals surface area contributed by atoms with Crippen LogP contribution >= 0.6 is 24.8 Å². The first kappa shape index (κ1) is 21.3. The molecule has 6 heteroatoms. The molecule has 2 aliphatic carbocycles. The van der Waals surface area contributed by atoms with Gasteiger partial charge >= 0.3 is 0 Å². The molecule has 1 aliphatic heterocycles. The lowest BCUT2D eigenvalue weighted by atomic mass is 9.65. The maximum atomic E-state index is 13.2. The topological polar surface area (TPSA) is 49.6 Å². The second kappa shape index (κ2) is 8.81. The molecule has 26 heavy (non-hydrogen) atoms. The van der Waals surface area contributed by atoms with Crippen LogP contribution < -0.4 is 10.6 Å². The molecule has 2 saturated carbocycles. The summed E-state index contributed by atoms with van der Waals surface area (Å²) in [5.74, 6) is 1.68. The number of amides is 1. The maximum Gasteiger partial charge on any atom is 0.226 e. The Bertz CT molecular complexity index is 613. The fraction of sp³-hybridized carbons (Fsp3) is 0.650. The van der Waals surface area contributed by atoms with Crippen molar-refractivity contribution >= 4 is 36.4 Å². The molecular weight excluding hydrogens is 369 g/mol. The Hall–Kier alpha value is -0.970. The molecule has 146 valence electrons. The molecule has 2 fully saturated rings. The van der Waals surface area contributed by atoms with E-state index in [9.17, 15) is 4.79 Å². The number of nitrogens with two attached hydrogens (primary N) is 1. The van der Waals surface area contributed by atoms with Crippen LogP contribution in [0.4, 0.5) is 5.69 Å². The van der Waals surface area contributed by atoms with Crippen molar-refractivity contribution in [2.45, 2.75) is 44.7 Å². The van der Waals surface area contributed by atoms with Gasteiger partial charge in [-0.1, -0.05) is 24.6 Å². The zero-order chi connectivity index (χ0) is 16.7. The van der Waals surface area contributed by atoms with Crippen LogP contribution in [0.1, 0.15) is 37.7 Å². The molecule has 1 heterocycles. The molecule has 1 amide bonds. The molecule has 2 unspecified atom stereocenters. The Morgan fingerprint density at radius 3 is 2.42 bits per heavy atom. The predicted molar refractivity (Wildman–Crippen MR) is 111 cm³/mol. The zero-order valence-corrected chi connectivity index (χ0v) is 17.1. The highest BCUT2D eigenvalue weighted by molar-refractivity contribution is 5.85. The van der Waals surface area contributed by atoms with E-state index in [1.807, 2.05) is 0 Å². The van der Waals surface area contributed by atoms with Crippen LogP contribution in [0.15, 0.2) is 24.3 Å². The summed E-state index contributed by atoms with van der Waals surface area (Å²) < 4.78 is 0. The van der Waals surface area contributed by atoms with E-state index < -0.39 is 0 Å². The van der Waals surface area contributed by atoms with E-state index in [0.29, 0.717) is 23.8 Å². The first-order valence-corrected chi connectivity index (χ1v) is 9.47. The van der Waals surface area contributed by atoms with Gasteiger partial charge in [0.05, 0.1) is 0 Å². The third-order valence-electron chi connectivity index (χ3n) is 6.54. The van der Waals surface area contributed by atoms with Crippen molar-refractivity contribution in [3.63, 3.8) is 0 Å². The van der Waals surface area contributed by atoms with Gasteiger partial charge in [-0.3, -0.25) is 4.79 Å². The summed E-state index contributed by atoms with van der Waals surface area (Å²) >= 11 is 0. The average Bonchev–Trinajstić information content (AvgIpc) is 2.74. The summed E-state index contributed by atoms with van der Waals surface area (Å²) in [7, 11) is 2.12. The lowest BCUT2D eigenvalue weighted by molar-refractivity contribution is -0.139. The Labute approximate surface area is 169 Å². The second-order valence-corrected chi connectivity index (χ2v) is 8.01. The van der Waals surface area contributed by atoms with Crippen molar-refractivity contribution < 1.29 is 4.79 Å².